The lowest BCUT2D eigenvalue weighted by Crippen LogP contribution is -2.03. The van der Waals surface area contributed by atoms with Gasteiger partial charge in [0, 0.05) is 24.8 Å². The molecule has 0 fully saturated rings. The number of aromatic nitrogens is 4. The molecule has 3 heterocycles. The number of nitrogens with zero attached hydrogens (tertiary/aromatic N) is 4. The van der Waals surface area contributed by atoms with Gasteiger partial charge in [-0.3, -0.25) is 0 Å². The fourth-order valence-electron chi connectivity index (χ4n) is 1.71. The third-order valence-electron chi connectivity index (χ3n) is 2.49. The van der Waals surface area contributed by atoms with Crippen LogP contribution in [0.4, 0.5) is 5.95 Å². The minimum Gasteiger partial charge on any atom is -0.369 e. The summed E-state index contributed by atoms with van der Waals surface area (Å²) in [7, 11) is 0. The van der Waals surface area contributed by atoms with Crippen molar-refractivity contribution in [2.75, 3.05) is 5.73 Å². The maximum Gasteiger partial charge on any atom is 0.200 e. The lowest BCUT2D eigenvalue weighted by molar-refractivity contribution is 0.792. The number of imidazole rings is 2. The first-order valence-corrected chi connectivity index (χ1v) is 5.02. The predicted molar refractivity (Wildman–Crippen MR) is 60.9 cm³/mol. The number of fused-ring (bicyclic) bond motifs is 1. The molecule has 0 spiro atoms. The van der Waals surface area contributed by atoms with Gasteiger partial charge in [0.05, 0.1) is 12.2 Å². The molecular weight excluding hydrogens is 202 g/mol. The quantitative estimate of drug-likeness (QED) is 0.695. The molecule has 5 nitrogen and oxygen atoms in total. The highest BCUT2D eigenvalue weighted by atomic mass is 15.1. The lowest BCUT2D eigenvalue weighted by atomic mass is 10.5. The summed E-state index contributed by atoms with van der Waals surface area (Å²) in [5.74, 6) is 0.511. The first kappa shape index (κ1) is 8.96. The van der Waals surface area contributed by atoms with Gasteiger partial charge in [-0.05, 0) is 12.1 Å². The lowest BCUT2D eigenvalue weighted by Gasteiger charge is -1.99. The van der Waals surface area contributed by atoms with Crippen molar-refractivity contribution in [3.05, 3.63) is 48.7 Å². The zero-order chi connectivity index (χ0) is 11.0. The first-order chi connectivity index (χ1) is 7.83. The standard InChI is InChI=1S/C11H11N5/c12-11-13-4-6-16(11)8-9-7-15-5-2-1-3-10(15)14-9/h1-7H,8H2,(H2,12,13). The SMILES string of the molecule is Nc1nccn1Cc1cn2ccccc2n1. The summed E-state index contributed by atoms with van der Waals surface area (Å²) >= 11 is 0. The third kappa shape index (κ3) is 1.42. The van der Waals surface area contributed by atoms with E-state index in [1.54, 1.807) is 6.20 Å². The molecule has 0 aromatic carbocycles. The molecule has 0 radical (unpaired) electrons. The van der Waals surface area contributed by atoms with Crippen LogP contribution in [0.3, 0.4) is 0 Å². The Balaban J connectivity index is 1.98. The maximum atomic E-state index is 5.70. The van der Waals surface area contributed by atoms with E-state index in [1.807, 2.05) is 45.8 Å². The highest BCUT2D eigenvalue weighted by Crippen LogP contribution is 2.08. The van der Waals surface area contributed by atoms with Crippen molar-refractivity contribution in [3.63, 3.8) is 0 Å². The van der Waals surface area contributed by atoms with Crippen molar-refractivity contribution in [1.82, 2.24) is 18.9 Å². The van der Waals surface area contributed by atoms with Crippen LogP contribution >= 0.6 is 0 Å². The van der Waals surface area contributed by atoms with Crippen molar-refractivity contribution in [2.24, 2.45) is 0 Å². The van der Waals surface area contributed by atoms with Crippen LogP contribution in [0.15, 0.2) is 43.0 Å². The van der Waals surface area contributed by atoms with Gasteiger partial charge < -0.3 is 14.7 Å². The molecule has 0 aliphatic heterocycles. The minimum absolute atomic E-state index is 0.511. The van der Waals surface area contributed by atoms with Gasteiger partial charge in [-0.15, -0.1) is 0 Å². The summed E-state index contributed by atoms with van der Waals surface area (Å²) in [6.45, 7) is 0.646. The molecule has 0 amide bonds. The molecule has 0 bridgehead atoms. The van der Waals surface area contributed by atoms with Crippen LogP contribution in [-0.4, -0.2) is 18.9 Å². The van der Waals surface area contributed by atoms with Crippen LogP contribution in [0, 0.1) is 0 Å². The molecular formula is C11H11N5. The number of hydrogen-bond donors (Lipinski definition) is 1. The fourth-order valence-corrected chi connectivity index (χ4v) is 1.71. The summed E-state index contributed by atoms with van der Waals surface area (Å²) in [5.41, 5.74) is 7.61. The second kappa shape index (κ2) is 3.37. The van der Waals surface area contributed by atoms with E-state index < -0.39 is 0 Å². The fraction of sp³-hybridized carbons (Fsp3) is 0.0909. The van der Waals surface area contributed by atoms with Crippen molar-refractivity contribution in [1.29, 1.82) is 0 Å². The zero-order valence-electron chi connectivity index (χ0n) is 8.61. The molecule has 5 heteroatoms. The van der Waals surface area contributed by atoms with E-state index in [2.05, 4.69) is 9.97 Å². The smallest absolute Gasteiger partial charge is 0.200 e. The molecule has 16 heavy (non-hydrogen) atoms. The predicted octanol–water partition coefficient (Wildman–Crippen LogP) is 1.16. The largest absolute Gasteiger partial charge is 0.369 e. The second-order valence-corrected chi connectivity index (χ2v) is 3.61. The van der Waals surface area contributed by atoms with Crippen LogP contribution in [0.5, 0.6) is 0 Å². The van der Waals surface area contributed by atoms with Crippen LogP contribution < -0.4 is 5.73 Å². The van der Waals surface area contributed by atoms with E-state index >= 15 is 0 Å². The van der Waals surface area contributed by atoms with Crippen molar-refractivity contribution in [3.8, 4) is 0 Å². The molecule has 0 aliphatic rings. The average molecular weight is 213 g/mol. The molecule has 0 saturated heterocycles. The van der Waals surface area contributed by atoms with Crippen molar-refractivity contribution < 1.29 is 0 Å². The van der Waals surface area contributed by atoms with Gasteiger partial charge in [0.25, 0.3) is 0 Å². The number of nitrogen functional groups attached to an aromatic ring is 1. The summed E-state index contributed by atoms with van der Waals surface area (Å²) in [4.78, 5) is 8.46. The van der Waals surface area contributed by atoms with Gasteiger partial charge in [-0.1, -0.05) is 6.07 Å². The van der Waals surface area contributed by atoms with Gasteiger partial charge in [-0.2, -0.15) is 0 Å². The number of nitrogens with two attached hydrogens (primary N) is 1. The molecule has 0 atom stereocenters. The van der Waals surface area contributed by atoms with E-state index in [1.165, 1.54) is 0 Å². The highest BCUT2D eigenvalue weighted by Gasteiger charge is 2.03. The normalized spacial score (nSPS) is 11.0. The van der Waals surface area contributed by atoms with Crippen LogP contribution in [0.1, 0.15) is 5.69 Å². The Morgan fingerprint density at radius 1 is 1.25 bits per heavy atom. The van der Waals surface area contributed by atoms with Crippen LogP contribution in [0.2, 0.25) is 0 Å². The summed E-state index contributed by atoms with van der Waals surface area (Å²) in [6.07, 6.45) is 7.50. The monoisotopic (exact) mass is 213 g/mol. The van der Waals surface area contributed by atoms with Gasteiger partial charge in [0.15, 0.2) is 5.95 Å². The molecule has 3 aromatic heterocycles. The molecule has 0 aliphatic carbocycles. The Kier molecular flexibility index (Phi) is 1.89. The number of anilines is 1. The van der Waals surface area contributed by atoms with Gasteiger partial charge in [0.1, 0.15) is 5.65 Å². The van der Waals surface area contributed by atoms with Gasteiger partial charge in [0.2, 0.25) is 0 Å². The summed E-state index contributed by atoms with van der Waals surface area (Å²) in [6, 6.07) is 5.92. The number of rotatable bonds is 2. The first-order valence-electron chi connectivity index (χ1n) is 5.02. The van der Waals surface area contributed by atoms with E-state index in [0.29, 0.717) is 12.5 Å². The number of hydrogen-bond acceptors (Lipinski definition) is 3. The number of pyridine rings is 1. The Labute approximate surface area is 92.2 Å². The van der Waals surface area contributed by atoms with E-state index in [4.69, 9.17) is 5.73 Å². The van der Waals surface area contributed by atoms with Crippen LogP contribution in [-0.2, 0) is 6.54 Å². The van der Waals surface area contributed by atoms with Gasteiger partial charge in [-0.25, -0.2) is 9.97 Å². The molecule has 0 saturated carbocycles. The van der Waals surface area contributed by atoms with E-state index in [-0.39, 0.29) is 0 Å². The molecule has 3 aromatic rings. The third-order valence-corrected chi connectivity index (χ3v) is 2.49. The minimum atomic E-state index is 0.511. The Bertz CT molecular complexity index is 589. The molecule has 2 N–H and O–H groups in total. The van der Waals surface area contributed by atoms with Crippen LogP contribution in [0.25, 0.3) is 5.65 Å². The molecule has 80 valence electrons. The molecule has 0 unspecified atom stereocenters. The van der Waals surface area contributed by atoms with Crippen molar-refractivity contribution >= 4 is 11.6 Å². The summed E-state index contributed by atoms with van der Waals surface area (Å²) < 4.78 is 3.85. The molecule has 3 rings (SSSR count). The van der Waals surface area contributed by atoms with Crippen molar-refractivity contribution in [2.45, 2.75) is 6.54 Å². The highest BCUT2D eigenvalue weighted by molar-refractivity contribution is 5.39. The summed E-state index contributed by atoms with van der Waals surface area (Å²) in [5, 5.41) is 0. The second-order valence-electron chi connectivity index (χ2n) is 3.61. The van der Waals surface area contributed by atoms with Gasteiger partial charge >= 0.3 is 0 Å². The Morgan fingerprint density at radius 3 is 2.94 bits per heavy atom. The topological polar surface area (TPSA) is 61.1 Å². The van der Waals surface area contributed by atoms with E-state index in [9.17, 15) is 0 Å². The Hall–Kier alpha value is -2.30. The zero-order valence-corrected chi connectivity index (χ0v) is 8.61. The average Bonchev–Trinajstić information content (AvgIpc) is 2.85. The maximum absolute atomic E-state index is 5.70. The Morgan fingerprint density at radius 2 is 2.19 bits per heavy atom. The van der Waals surface area contributed by atoms with E-state index in [0.717, 1.165) is 11.3 Å².